The Bertz CT molecular complexity index is 381. The van der Waals surface area contributed by atoms with Crippen LogP contribution in [0.2, 0.25) is 0 Å². The molecule has 1 aromatic carbocycles. The minimum atomic E-state index is 1.00. The van der Waals surface area contributed by atoms with Crippen molar-refractivity contribution < 1.29 is 5.11 Å². The average Bonchev–Trinajstić information content (AvgIpc) is 2.34. The monoisotopic (exact) mass is 201 g/mol. The van der Waals surface area contributed by atoms with Crippen LogP contribution in [-0.2, 0) is 0 Å². The molecule has 0 fully saturated rings. The van der Waals surface area contributed by atoms with Gasteiger partial charge >= 0.3 is 0 Å². The van der Waals surface area contributed by atoms with E-state index in [4.69, 9.17) is 5.11 Å². The van der Waals surface area contributed by atoms with Crippen LogP contribution >= 0.6 is 0 Å². The van der Waals surface area contributed by atoms with E-state index in [1.54, 1.807) is 0 Å². The summed E-state index contributed by atoms with van der Waals surface area (Å²) in [6.07, 6.45) is 3.63. The van der Waals surface area contributed by atoms with Gasteiger partial charge in [-0.25, -0.2) is 0 Å². The lowest BCUT2D eigenvalue weighted by atomic mass is 10.1. The normalized spacial score (nSPS) is 9.00. The van der Waals surface area contributed by atoms with Crippen molar-refractivity contribution in [2.75, 3.05) is 7.11 Å². The summed E-state index contributed by atoms with van der Waals surface area (Å²) >= 11 is 0. The van der Waals surface area contributed by atoms with Gasteiger partial charge in [0.2, 0.25) is 0 Å². The van der Waals surface area contributed by atoms with E-state index in [0.29, 0.717) is 0 Å². The Kier molecular flexibility index (Phi) is 4.51. The molecule has 1 heterocycles. The van der Waals surface area contributed by atoms with Gasteiger partial charge in [0.15, 0.2) is 0 Å². The average molecular weight is 201 g/mol. The molecule has 0 aliphatic carbocycles. The fourth-order valence-corrected chi connectivity index (χ4v) is 1.29. The molecule has 0 radical (unpaired) electrons. The number of aliphatic hydroxyl groups excluding tert-OH is 1. The number of aryl methyl sites for hydroxylation is 1. The first-order valence-electron chi connectivity index (χ1n) is 4.78. The maximum Gasteiger partial charge on any atom is 0.0319 e. The van der Waals surface area contributed by atoms with Gasteiger partial charge in [-0.15, -0.1) is 0 Å². The highest BCUT2D eigenvalue weighted by Crippen LogP contribution is 2.17. The topological polar surface area (TPSA) is 33.1 Å². The van der Waals surface area contributed by atoms with Crippen LogP contribution in [0.4, 0.5) is 0 Å². The summed E-state index contributed by atoms with van der Waals surface area (Å²) in [6.45, 7) is 2.09. The van der Waals surface area contributed by atoms with E-state index in [0.717, 1.165) is 7.11 Å². The van der Waals surface area contributed by atoms with Crippen LogP contribution in [0.25, 0.3) is 11.1 Å². The van der Waals surface area contributed by atoms with Gasteiger partial charge in [-0.05, 0) is 30.2 Å². The van der Waals surface area contributed by atoms with E-state index in [1.807, 2.05) is 24.5 Å². The lowest BCUT2D eigenvalue weighted by molar-refractivity contribution is 0.399. The standard InChI is InChI=1S/C12H11N.CH4O/c1-10-2-4-11(5-3-10)12-6-8-13-9-7-12;1-2/h2-9H,1H3;2H,1H3. The number of aliphatic hydroxyl groups is 1. The van der Waals surface area contributed by atoms with Gasteiger partial charge in [0.1, 0.15) is 0 Å². The molecule has 2 heteroatoms. The second kappa shape index (κ2) is 5.94. The number of hydrogen-bond acceptors (Lipinski definition) is 2. The van der Waals surface area contributed by atoms with E-state index in [-0.39, 0.29) is 0 Å². The highest BCUT2D eigenvalue weighted by atomic mass is 16.2. The van der Waals surface area contributed by atoms with Crippen LogP contribution in [0.5, 0.6) is 0 Å². The molecule has 0 bridgehead atoms. The van der Waals surface area contributed by atoms with Crippen molar-refractivity contribution in [3.05, 3.63) is 54.4 Å². The first-order chi connectivity index (χ1) is 7.36. The largest absolute Gasteiger partial charge is 0.400 e. The second-order valence-corrected chi connectivity index (χ2v) is 3.10. The van der Waals surface area contributed by atoms with Gasteiger partial charge in [0, 0.05) is 19.5 Å². The lowest BCUT2D eigenvalue weighted by Gasteiger charge is -2.00. The van der Waals surface area contributed by atoms with Gasteiger partial charge in [0.05, 0.1) is 0 Å². The quantitative estimate of drug-likeness (QED) is 0.769. The maximum atomic E-state index is 7.00. The smallest absolute Gasteiger partial charge is 0.0319 e. The molecule has 0 aliphatic heterocycles. The zero-order chi connectivity index (χ0) is 11.1. The van der Waals surface area contributed by atoms with Gasteiger partial charge in [-0.1, -0.05) is 29.8 Å². The van der Waals surface area contributed by atoms with Crippen LogP contribution in [-0.4, -0.2) is 17.2 Å². The molecule has 2 rings (SSSR count). The summed E-state index contributed by atoms with van der Waals surface area (Å²) in [5.41, 5.74) is 3.75. The van der Waals surface area contributed by atoms with Crippen LogP contribution < -0.4 is 0 Å². The predicted molar refractivity (Wildman–Crippen MR) is 62.6 cm³/mol. The number of benzene rings is 1. The Hall–Kier alpha value is -1.67. The van der Waals surface area contributed by atoms with Crippen molar-refractivity contribution in [3.8, 4) is 11.1 Å². The second-order valence-electron chi connectivity index (χ2n) is 3.10. The fraction of sp³-hybridized carbons (Fsp3) is 0.154. The number of hydrogen-bond donors (Lipinski definition) is 1. The number of aromatic nitrogens is 1. The van der Waals surface area contributed by atoms with E-state index in [9.17, 15) is 0 Å². The third-order valence-corrected chi connectivity index (χ3v) is 2.07. The Labute approximate surface area is 90.2 Å². The highest BCUT2D eigenvalue weighted by molar-refractivity contribution is 5.62. The summed E-state index contributed by atoms with van der Waals surface area (Å²) in [4.78, 5) is 3.99. The zero-order valence-corrected chi connectivity index (χ0v) is 9.01. The first-order valence-corrected chi connectivity index (χ1v) is 4.78. The third-order valence-electron chi connectivity index (χ3n) is 2.07. The molecule has 2 nitrogen and oxygen atoms in total. The molecule has 0 saturated heterocycles. The summed E-state index contributed by atoms with van der Waals surface area (Å²) in [5, 5.41) is 7.00. The summed E-state index contributed by atoms with van der Waals surface area (Å²) in [7, 11) is 1.00. The number of pyridine rings is 1. The van der Waals surface area contributed by atoms with Gasteiger partial charge < -0.3 is 5.11 Å². The Balaban J connectivity index is 0.000000531. The molecular formula is C13H15NO. The molecule has 0 saturated carbocycles. The van der Waals surface area contributed by atoms with Gasteiger partial charge in [-0.2, -0.15) is 0 Å². The van der Waals surface area contributed by atoms with Crippen molar-refractivity contribution in [2.24, 2.45) is 0 Å². The van der Waals surface area contributed by atoms with E-state index >= 15 is 0 Å². The van der Waals surface area contributed by atoms with Crippen molar-refractivity contribution >= 4 is 0 Å². The predicted octanol–water partition coefficient (Wildman–Crippen LogP) is 2.67. The summed E-state index contributed by atoms with van der Waals surface area (Å²) in [6, 6.07) is 12.5. The van der Waals surface area contributed by atoms with Gasteiger partial charge in [-0.3, -0.25) is 4.98 Å². The van der Waals surface area contributed by atoms with Crippen LogP contribution in [0, 0.1) is 6.92 Å². The van der Waals surface area contributed by atoms with Crippen LogP contribution in [0.3, 0.4) is 0 Å². The zero-order valence-electron chi connectivity index (χ0n) is 9.01. The maximum absolute atomic E-state index is 7.00. The lowest BCUT2D eigenvalue weighted by Crippen LogP contribution is -1.78. The van der Waals surface area contributed by atoms with E-state index < -0.39 is 0 Å². The molecule has 0 atom stereocenters. The summed E-state index contributed by atoms with van der Waals surface area (Å²) < 4.78 is 0. The van der Waals surface area contributed by atoms with E-state index in [1.165, 1.54) is 16.7 Å². The number of rotatable bonds is 1. The van der Waals surface area contributed by atoms with Crippen molar-refractivity contribution in [1.29, 1.82) is 0 Å². The number of nitrogens with zero attached hydrogens (tertiary/aromatic N) is 1. The van der Waals surface area contributed by atoms with E-state index in [2.05, 4.69) is 36.2 Å². The minimum absolute atomic E-state index is 1.00. The molecule has 15 heavy (non-hydrogen) atoms. The molecule has 1 N–H and O–H groups in total. The molecule has 1 aromatic heterocycles. The molecule has 0 amide bonds. The molecule has 0 aliphatic rings. The van der Waals surface area contributed by atoms with Gasteiger partial charge in [0.25, 0.3) is 0 Å². The van der Waals surface area contributed by atoms with Crippen LogP contribution in [0.1, 0.15) is 5.56 Å². The Morgan fingerprint density at radius 1 is 0.800 bits per heavy atom. The molecule has 0 spiro atoms. The molecule has 78 valence electrons. The van der Waals surface area contributed by atoms with Crippen molar-refractivity contribution in [3.63, 3.8) is 0 Å². The SMILES string of the molecule is CO.Cc1ccc(-c2ccncc2)cc1. The van der Waals surface area contributed by atoms with Crippen molar-refractivity contribution in [2.45, 2.75) is 6.92 Å². The summed E-state index contributed by atoms with van der Waals surface area (Å²) in [5.74, 6) is 0. The third kappa shape index (κ3) is 3.18. The Morgan fingerprint density at radius 2 is 1.27 bits per heavy atom. The highest BCUT2D eigenvalue weighted by Gasteiger charge is 1.94. The minimum Gasteiger partial charge on any atom is -0.400 e. The molecule has 0 unspecified atom stereocenters. The van der Waals surface area contributed by atoms with Crippen LogP contribution in [0.15, 0.2) is 48.8 Å². The molecular weight excluding hydrogens is 186 g/mol. The Morgan fingerprint density at radius 3 is 1.80 bits per heavy atom. The fourth-order valence-electron chi connectivity index (χ4n) is 1.29. The molecule has 2 aromatic rings. The first kappa shape index (κ1) is 11.4. The van der Waals surface area contributed by atoms with Crippen molar-refractivity contribution in [1.82, 2.24) is 4.98 Å².